The van der Waals surface area contributed by atoms with Gasteiger partial charge in [0.2, 0.25) is 0 Å². The van der Waals surface area contributed by atoms with Gasteiger partial charge in [0.05, 0.1) is 0 Å². The quantitative estimate of drug-likeness (QED) is 0.269. The summed E-state index contributed by atoms with van der Waals surface area (Å²) in [7, 11) is 0. The van der Waals surface area contributed by atoms with E-state index in [1.165, 1.54) is 4.80 Å². The molecule has 2 N–H and O–H groups in total. The fraction of sp³-hybridized carbons (Fsp3) is 0.345. The SMILES string of the molecule is CC(C)(C)CC(C)(C)c1cc(CCC(=O)O)cc(-n2nc3ccc(Sc4ccccc4)cc3n2)c1O. The number of aliphatic carboxylic acids is 1. The number of aryl methyl sites for hydroxylation is 1. The van der Waals surface area contributed by atoms with Crippen LogP contribution in [0.3, 0.4) is 0 Å². The summed E-state index contributed by atoms with van der Waals surface area (Å²) in [6.45, 7) is 10.7. The number of nitrogens with zero attached hydrogens (tertiary/aromatic N) is 3. The van der Waals surface area contributed by atoms with Crippen molar-refractivity contribution in [1.82, 2.24) is 15.0 Å². The largest absolute Gasteiger partial charge is 0.505 e. The zero-order valence-corrected chi connectivity index (χ0v) is 22.3. The van der Waals surface area contributed by atoms with Crippen LogP contribution in [0.25, 0.3) is 16.7 Å². The van der Waals surface area contributed by atoms with Crippen LogP contribution in [0.5, 0.6) is 5.75 Å². The first-order valence-electron chi connectivity index (χ1n) is 12.1. The van der Waals surface area contributed by atoms with Gasteiger partial charge in [-0.3, -0.25) is 4.79 Å². The molecule has 0 amide bonds. The molecule has 4 rings (SSSR count). The van der Waals surface area contributed by atoms with E-state index in [4.69, 9.17) is 5.10 Å². The standard InChI is InChI=1S/C29H33N3O3S/c1-28(2,3)18-29(4,5)22-15-19(11-14-26(33)34)16-25(27(22)35)32-30-23-13-12-21(17-24(23)31-32)36-20-9-7-6-8-10-20/h6-10,12-13,15-17,35H,11,14,18H2,1-5H3,(H,33,34). The first-order chi connectivity index (χ1) is 16.9. The predicted octanol–water partition coefficient (Wildman–Crippen LogP) is 7.01. The maximum Gasteiger partial charge on any atom is 0.303 e. The van der Waals surface area contributed by atoms with E-state index >= 15 is 0 Å². The van der Waals surface area contributed by atoms with E-state index in [1.807, 2.05) is 42.5 Å². The molecular weight excluding hydrogens is 470 g/mol. The molecule has 6 nitrogen and oxygen atoms in total. The second-order valence-corrected chi connectivity index (χ2v) is 12.2. The summed E-state index contributed by atoms with van der Waals surface area (Å²) in [5.74, 6) is -0.728. The summed E-state index contributed by atoms with van der Waals surface area (Å²) < 4.78 is 0. The zero-order valence-electron chi connectivity index (χ0n) is 21.4. The predicted molar refractivity (Wildman–Crippen MR) is 144 cm³/mol. The van der Waals surface area contributed by atoms with E-state index in [-0.39, 0.29) is 23.0 Å². The van der Waals surface area contributed by atoms with Gasteiger partial charge in [0, 0.05) is 21.8 Å². The Hall–Kier alpha value is -3.32. The Kier molecular flexibility index (Phi) is 7.14. The molecule has 0 aliphatic carbocycles. The lowest BCUT2D eigenvalue weighted by molar-refractivity contribution is -0.136. The highest BCUT2D eigenvalue weighted by Gasteiger charge is 2.31. The number of benzene rings is 3. The highest BCUT2D eigenvalue weighted by atomic mass is 32.2. The van der Waals surface area contributed by atoms with Gasteiger partial charge >= 0.3 is 5.97 Å². The van der Waals surface area contributed by atoms with Crippen LogP contribution in [0.4, 0.5) is 0 Å². The number of aromatic nitrogens is 3. The van der Waals surface area contributed by atoms with Gasteiger partial charge in [0.1, 0.15) is 22.5 Å². The molecule has 0 aliphatic heterocycles. The van der Waals surface area contributed by atoms with Gasteiger partial charge in [-0.25, -0.2) is 0 Å². The van der Waals surface area contributed by atoms with Crippen molar-refractivity contribution in [3.8, 4) is 11.4 Å². The van der Waals surface area contributed by atoms with Crippen LogP contribution in [-0.2, 0) is 16.6 Å². The number of carbonyl (C=O) groups is 1. The van der Waals surface area contributed by atoms with E-state index in [0.29, 0.717) is 12.1 Å². The van der Waals surface area contributed by atoms with Crippen LogP contribution in [0, 0.1) is 5.41 Å². The summed E-state index contributed by atoms with van der Waals surface area (Å²) in [4.78, 5) is 14.9. The molecule has 0 atom stereocenters. The Morgan fingerprint density at radius 1 is 0.917 bits per heavy atom. The zero-order chi connectivity index (χ0) is 26.1. The van der Waals surface area contributed by atoms with Crippen LogP contribution in [0.15, 0.2) is 70.5 Å². The van der Waals surface area contributed by atoms with E-state index in [0.717, 1.165) is 38.4 Å². The average Bonchev–Trinajstić information content (AvgIpc) is 3.20. The monoisotopic (exact) mass is 503 g/mol. The van der Waals surface area contributed by atoms with E-state index < -0.39 is 5.97 Å². The van der Waals surface area contributed by atoms with Crippen LogP contribution >= 0.6 is 11.8 Å². The van der Waals surface area contributed by atoms with Crippen molar-refractivity contribution < 1.29 is 15.0 Å². The summed E-state index contributed by atoms with van der Waals surface area (Å²) in [5.41, 5.74) is 3.21. The highest BCUT2D eigenvalue weighted by molar-refractivity contribution is 7.99. The minimum absolute atomic E-state index is 0.0118. The minimum Gasteiger partial charge on any atom is -0.505 e. The lowest BCUT2D eigenvalue weighted by atomic mass is 9.71. The van der Waals surface area contributed by atoms with Crippen molar-refractivity contribution in [1.29, 1.82) is 0 Å². The number of hydrogen-bond donors (Lipinski definition) is 2. The Bertz CT molecular complexity index is 1390. The summed E-state index contributed by atoms with van der Waals surface area (Å²) in [6.07, 6.45) is 1.21. The topological polar surface area (TPSA) is 88.2 Å². The van der Waals surface area contributed by atoms with Crippen LogP contribution in [-0.4, -0.2) is 31.2 Å². The smallest absolute Gasteiger partial charge is 0.303 e. The van der Waals surface area contributed by atoms with Gasteiger partial charge in [-0.2, -0.15) is 0 Å². The fourth-order valence-corrected chi connectivity index (χ4v) is 5.72. The van der Waals surface area contributed by atoms with Crippen LogP contribution in [0.2, 0.25) is 0 Å². The minimum atomic E-state index is -0.855. The van der Waals surface area contributed by atoms with Crippen molar-refractivity contribution in [2.75, 3.05) is 0 Å². The molecule has 1 heterocycles. The van der Waals surface area contributed by atoms with E-state index in [9.17, 15) is 15.0 Å². The second kappa shape index (κ2) is 9.97. The molecule has 7 heteroatoms. The van der Waals surface area contributed by atoms with Gasteiger partial charge in [0.25, 0.3) is 0 Å². The maximum absolute atomic E-state index is 11.4. The lowest BCUT2D eigenvalue weighted by Crippen LogP contribution is -2.25. The molecule has 0 bridgehead atoms. The third-order valence-corrected chi connectivity index (χ3v) is 7.02. The summed E-state index contributed by atoms with van der Waals surface area (Å²) >= 11 is 1.65. The first-order valence-corrected chi connectivity index (χ1v) is 12.9. The Balaban J connectivity index is 1.77. The molecule has 0 radical (unpaired) electrons. The van der Waals surface area contributed by atoms with Crippen LogP contribution in [0.1, 0.15) is 58.6 Å². The number of rotatable bonds is 8. The molecule has 0 spiro atoms. The lowest BCUT2D eigenvalue weighted by Gasteiger charge is -2.34. The molecule has 1 aromatic heterocycles. The van der Waals surface area contributed by atoms with Gasteiger partial charge in [0.15, 0.2) is 0 Å². The maximum atomic E-state index is 11.4. The number of fused-ring (bicyclic) bond motifs is 1. The third-order valence-electron chi connectivity index (χ3n) is 6.02. The molecular formula is C29H33N3O3S. The number of phenols is 1. The number of carboxylic acid groups (broad SMARTS) is 1. The molecule has 0 aliphatic rings. The van der Waals surface area contributed by atoms with Gasteiger partial charge in [-0.05, 0) is 65.6 Å². The number of aromatic hydroxyl groups is 1. The molecule has 36 heavy (non-hydrogen) atoms. The molecule has 0 saturated carbocycles. The molecule has 0 saturated heterocycles. The molecule has 188 valence electrons. The molecule has 0 fully saturated rings. The Morgan fingerprint density at radius 3 is 2.28 bits per heavy atom. The summed E-state index contributed by atoms with van der Waals surface area (Å²) in [5, 5.41) is 30.0. The van der Waals surface area contributed by atoms with E-state index in [1.54, 1.807) is 17.8 Å². The number of carboxylic acids is 1. The first kappa shape index (κ1) is 25.8. The number of hydrogen-bond acceptors (Lipinski definition) is 5. The van der Waals surface area contributed by atoms with Crippen molar-refractivity contribution in [2.24, 2.45) is 5.41 Å². The van der Waals surface area contributed by atoms with Gasteiger partial charge < -0.3 is 10.2 Å². The van der Waals surface area contributed by atoms with Crippen molar-refractivity contribution in [3.05, 3.63) is 71.8 Å². The van der Waals surface area contributed by atoms with Crippen molar-refractivity contribution in [2.45, 2.75) is 69.1 Å². The number of phenolic OH excluding ortho intramolecular Hbond substituents is 1. The average molecular weight is 504 g/mol. The molecule has 0 unspecified atom stereocenters. The fourth-order valence-electron chi connectivity index (χ4n) is 4.85. The van der Waals surface area contributed by atoms with Gasteiger partial charge in [-0.1, -0.05) is 70.6 Å². The molecule has 4 aromatic rings. The normalized spacial score (nSPS) is 12.2. The Labute approximate surface area is 216 Å². The van der Waals surface area contributed by atoms with Crippen LogP contribution < -0.4 is 0 Å². The third kappa shape index (κ3) is 6.08. The van der Waals surface area contributed by atoms with Crippen molar-refractivity contribution >= 4 is 28.8 Å². The van der Waals surface area contributed by atoms with Crippen molar-refractivity contribution in [3.63, 3.8) is 0 Å². The van der Waals surface area contributed by atoms with E-state index in [2.05, 4.69) is 51.9 Å². The summed E-state index contributed by atoms with van der Waals surface area (Å²) in [6, 6.07) is 19.8. The highest BCUT2D eigenvalue weighted by Crippen LogP contribution is 2.43. The Morgan fingerprint density at radius 2 is 1.61 bits per heavy atom. The van der Waals surface area contributed by atoms with Gasteiger partial charge in [-0.15, -0.1) is 15.0 Å². The molecule has 3 aromatic carbocycles. The second-order valence-electron chi connectivity index (χ2n) is 11.1.